The maximum atomic E-state index is 13.4. The molecule has 2 atom stereocenters. The highest BCUT2D eigenvalue weighted by Crippen LogP contribution is 2.54. The zero-order valence-electron chi connectivity index (χ0n) is 36.4. The van der Waals surface area contributed by atoms with Gasteiger partial charge in [0.2, 0.25) is 0 Å². The average molecular weight is 823 g/mol. The van der Waals surface area contributed by atoms with Gasteiger partial charge in [-0.05, 0) is 111 Å². The molecule has 0 amide bonds. The van der Waals surface area contributed by atoms with Crippen LogP contribution in [0, 0.1) is 0 Å². The number of ether oxygens (including phenoxy) is 4. The number of carbonyl (C=O) groups is 2. The van der Waals surface area contributed by atoms with E-state index in [0.717, 1.165) is 66.9 Å². The molecule has 62 heavy (non-hydrogen) atoms. The summed E-state index contributed by atoms with van der Waals surface area (Å²) in [5.41, 5.74) is 11.6. The van der Waals surface area contributed by atoms with Gasteiger partial charge in [0.25, 0.3) is 0 Å². The van der Waals surface area contributed by atoms with Crippen LogP contribution in [0.15, 0.2) is 146 Å². The molecule has 2 aliphatic rings. The van der Waals surface area contributed by atoms with Gasteiger partial charge in [-0.25, -0.2) is 18.7 Å². The Hall–Kier alpha value is -7.06. The van der Waals surface area contributed by atoms with Crippen LogP contribution in [0.4, 0.5) is 9.59 Å². The molecule has 8 aromatic rings. The summed E-state index contributed by atoms with van der Waals surface area (Å²) < 4.78 is 25.8. The monoisotopic (exact) mass is 822 g/mol. The lowest BCUT2D eigenvalue weighted by atomic mass is 9.88. The number of hydrogen-bond acceptors (Lipinski definition) is 6. The topological polar surface area (TPSA) is 80.9 Å². The summed E-state index contributed by atoms with van der Waals surface area (Å²) in [7, 11) is 3.35. The van der Waals surface area contributed by atoms with Gasteiger partial charge < -0.3 is 18.9 Å². The number of carbonyl (C=O) groups excluding carboxylic acids is 2. The number of aromatic nitrogens is 2. The van der Waals surface area contributed by atoms with Crippen molar-refractivity contribution in [3.63, 3.8) is 0 Å². The van der Waals surface area contributed by atoms with Gasteiger partial charge in [-0.3, -0.25) is 0 Å². The first kappa shape index (κ1) is 40.4. The first-order valence-corrected chi connectivity index (χ1v) is 21.0. The lowest BCUT2D eigenvalue weighted by Crippen LogP contribution is -2.27. The van der Waals surface area contributed by atoms with Crippen molar-refractivity contribution in [1.82, 2.24) is 9.13 Å². The molecule has 0 aliphatic heterocycles. The molecule has 2 heterocycles. The second kappa shape index (κ2) is 15.4. The van der Waals surface area contributed by atoms with Crippen LogP contribution >= 0.6 is 0 Å². The molecule has 0 spiro atoms. The Morgan fingerprint density at radius 3 is 1.15 bits per heavy atom. The van der Waals surface area contributed by atoms with Crippen molar-refractivity contribution in [3.8, 4) is 34.0 Å². The van der Waals surface area contributed by atoms with E-state index in [2.05, 4.69) is 72.8 Å². The summed E-state index contributed by atoms with van der Waals surface area (Å²) in [5, 5.41) is 2.14. The number of para-hydroxylation sites is 2. The molecular formula is C54H50N2O6. The molecule has 2 aromatic heterocycles. The van der Waals surface area contributed by atoms with Crippen molar-refractivity contribution < 1.29 is 28.5 Å². The highest BCUT2D eigenvalue weighted by molar-refractivity contribution is 6.05. The molecule has 10 rings (SSSR count). The minimum Gasteiger partial charge on any atom is -0.497 e. The van der Waals surface area contributed by atoms with E-state index in [1.54, 1.807) is 23.4 Å². The van der Waals surface area contributed by atoms with Gasteiger partial charge in [-0.15, -0.1) is 0 Å². The molecule has 0 radical (unpaired) electrons. The number of benzene rings is 6. The molecule has 0 saturated carbocycles. The molecule has 8 nitrogen and oxygen atoms in total. The van der Waals surface area contributed by atoms with Gasteiger partial charge in [0.05, 0.1) is 36.6 Å². The summed E-state index contributed by atoms with van der Waals surface area (Å²) in [6.45, 7) is 11.4. The normalized spacial score (nSPS) is 14.9. The number of rotatable bonds is 4. The van der Waals surface area contributed by atoms with Crippen molar-refractivity contribution >= 4 is 34.0 Å². The van der Waals surface area contributed by atoms with Crippen molar-refractivity contribution in [2.24, 2.45) is 0 Å². The molecule has 6 aromatic carbocycles. The van der Waals surface area contributed by atoms with Gasteiger partial charge >= 0.3 is 12.2 Å². The maximum Gasteiger partial charge on any atom is 0.419 e. The second-order valence-electron chi connectivity index (χ2n) is 17.8. The highest BCUT2D eigenvalue weighted by Gasteiger charge is 2.39. The van der Waals surface area contributed by atoms with E-state index >= 15 is 0 Å². The zero-order valence-corrected chi connectivity index (χ0v) is 36.4. The van der Waals surface area contributed by atoms with Crippen LogP contribution in [0.5, 0.6) is 11.5 Å². The van der Waals surface area contributed by atoms with Crippen LogP contribution in [0.3, 0.4) is 0 Å². The Labute approximate surface area is 362 Å². The number of hydrogen-bond donors (Lipinski definition) is 0. The first-order chi connectivity index (χ1) is 29.8. The number of fused-ring (bicyclic) bond motifs is 10. The standard InChI is InChI=1S/2C27H25NO3/c2*1-27(2,3)31-26(29)28-22-12-8-7-11-21(22)24-23(17-13-15-18(30-4)16-14-17)19-9-5-6-10-20(19)25(24)28/h2*5-16,23H,1-4H3/t2*23-/m10/s1. The van der Waals surface area contributed by atoms with Gasteiger partial charge in [0.15, 0.2) is 0 Å². The van der Waals surface area contributed by atoms with Crippen LogP contribution < -0.4 is 9.47 Å². The van der Waals surface area contributed by atoms with Crippen LogP contribution in [0.1, 0.15) is 86.8 Å². The third-order valence-electron chi connectivity index (χ3n) is 11.5. The Morgan fingerprint density at radius 2 is 0.790 bits per heavy atom. The van der Waals surface area contributed by atoms with E-state index in [4.69, 9.17) is 18.9 Å². The summed E-state index contributed by atoms with van der Waals surface area (Å²) in [6.07, 6.45) is -0.703. The molecule has 0 N–H and O–H groups in total. The summed E-state index contributed by atoms with van der Waals surface area (Å²) in [5.74, 6) is 1.72. The van der Waals surface area contributed by atoms with Crippen LogP contribution in [0.2, 0.25) is 0 Å². The van der Waals surface area contributed by atoms with Crippen molar-refractivity contribution in [1.29, 1.82) is 0 Å². The summed E-state index contributed by atoms with van der Waals surface area (Å²) >= 11 is 0. The molecular weight excluding hydrogens is 773 g/mol. The van der Waals surface area contributed by atoms with Gasteiger partial charge in [0.1, 0.15) is 22.7 Å². The van der Waals surface area contributed by atoms with E-state index in [-0.39, 0.29) is 24.0 Å². The van der Waals surface area contributed by atoms with Crippen LogP contribution in [0.25, 0.3) is 44.3 Å². The molecule has 2 aliphatic carbocycles. The molecule has 0 saturated heterocycles. The van der Waals surface area contributed by atoms with Gasteiger partial charge in [-0.1, -0.05) is 109 Å². The first-order valence-electron chi connectivity index (χ1n) is 21.0. The molecule has 0 fully saturated rings. The molecule has 0 unspecified atom stereocenters. The van der Waals surface area contributed by atoms with Crippen LogP contribution in [-0.2, 0) is 9.47 Å². The SMILES string of the molecule is COc1ccc([C@@H]2c3ccccc3-c3c2c2ccccc2n3C(=O)OC(C)(C)C)cc1.COc1ccc([C@H]2c3ccccc3-c3c2c2ccccc2n3C(=O)OC(C)(C)C)cc1. The van der Waals surface area contributed by atoms with Crippen molar-refractivity contribution in [2.75, 3.05) is 14.2 Å². The fourth-order valence-electron chi connectivity index (χ4n) is 9.16. The predicted octanol–water partition coefficient (Wildman–Crippen LogP) is 13.2. The lowest BCUT2D eigenvalue weighted by molar-refractivity contribution is 0.0535. The summed E-state index contributed by atoms with van der Waals surface area (Å²) in [6, 6.07) is 49.2. The molecule has 312 valence electrons. The quantitative estimate of drug-likeness (QED) is 0.176. The minimum absolute atomic E-state index is 0.0330. The Bertz CT molecular complexity index is 2790. The number of methoxy groups -OCH3 is 2. The highest BCUT2D eigenvalue weighted by atomic mass is 16.6. The lowest BCUT2D eigenvalue weighted by Gasteiger charge is -2.21. The van der Waals surface area contributed by atoms with Crippen LogP contribution in [-0.4, -0.2) is 46.7 Å². The Kier molecular flexibility index (Phi) is 10.1. The Balaban J connectivity index is 0.000000158. The van der Waals surface area contributed by atoms with E-state index in [0.29, 0.717) is 0 Å². The van der Waals surface area contributed by atoms with Crippen molar-refractivity contribution in [2.45, 2.75) is 64.6 Å². The van der Waals surface area contributed by atoms with E-state index in [1.165, 1.54) is 22.3 Å². The third-order valence-corrected chi connectivity index (χ3v) is 11.5. The van der Waals surface area contributed by atoms with Crippen molar-refractivity contribution in [3.05, 3.63) is 179 Å². The van der Waals surface area contributed by atoms with Gasteiger partial charge in [-0.2, -0.15) is 0 Å². The minimum atomic E-state index is -0.581. The van der Waals surface area contributed by atoms with Gasteiger partial charge in [0, 0.05) is 33.7 Å². The molecule has 8 heteroatoms. The maximum absolute atomic E-state index is 13.4. The van der Waals surface area contributed by atoms with E-state index in [1.807, 2.05) is 114 Å². The molecule has 0 bridgehead atoms. The summed E-state index contributed by atoms with van der Waals surface area (Å²) in [4.78, 5) is 26.7. The predicted molar refractivity (Wildman–Crippen MR) is 246 cm³/mol. The van der Waals surface area contributed by atoms with E-state index < -0.39 is 11.2 Å². The third kappa shape index (κ3) is 6.99. The largest absolute Gasteiger partial charge is 0.497 e. The Morgan fingerprint density at radius 1 is 0.452 bits per heavy atom. The average Bonchev–Trinajstić information content (AvgIpc) is 3.98. The smallest absolute Gasteiger partial charge is 0.419 e. The fraction of sp³-hybridized carbons (Fsp3) is 0.222. The zero-order chi connectivity index (χ0) is 43.5. The fourth-order valence-corrected chi connectivity index (χ4v) is 9.16. The van der Waals surface area contributed by atoms with E-state index in [9.17, 15) is 9.59 Å². The number of nitrogens with zero attached hydrogens (tertiary/aromatic N) is 2. The second-order valence-corrected chi connectivity index (χ2v) is 17.8.